The van der Waals surface area contributed by atoms with Crippen LogP contribution in [0.4, 0.5) is 17.1 Å². The van der Waals surface area contributed by atoms with Gasteiger partial charge in [-0.05, 0) is 108 Å². The SMILES string of the molecule is c1ccc(-c2ccc(N(c3cccc(-c4ccccc4-c4cc5ccccc5c5ccccc45)c3)c3ccc4c(c3)sc3c5ccccc5ccc43)cc2)cc1. The van der Waals surface area contributed by atoms with E-state index in [-0.39, 0.29) is 0 Å². The van der Waals surface area contributed by atoms with Crippen molar-refractivity contribution < 1.29 is 0 Å². The van der Waals surface area contributed by atoms with Crippen LogP contribution in [0.15, 0.2) is 212 Å². The molecule has 0 atom stereocenters. The summed E-state index contributed by atoms with van der Waals surface area (Å²) < 4.78 is 2.62. The van der Waals surface area contributed by atoms with E-state index in [4.69, 9.17) is 0 Å². The fourth-order valence-corrected chi connectivity index (χ4v) is 9.84. The Morgan fingerprint density at radius 1 is 0.286 bits per heavy atom. The molecule has 10 aromatic carbocycles. The minimum absolute atomic E-state index is 1.11. The second kappa shape index (κ2) is 13.4. The van der Waals surface area contributed by atoms with Gasteiger partial charge in [-0.15, -0.1) is 11.3 Å². The van der Waals surface area contributed by atoms with E-state index in [1.54, 1.807) is 0 Å². The van der Waals surface area contributed by atoms with E-state index in [0.29, 0.717) is 0 Å². The van der Waals surface area contributed by atoms with Crippen LogP contribution in [0.25, 0.3) is 85.9 Å². The largest absolute Gasteiger partial charge is 0.310 e. The van der Waals surface area contributed by atoms with Crippen LogP contribution >= 0.6 is 11.3 Å². The van der Waals surface area contributed by atoms with Crippen LogP contribution < -0.4 is 4.90 Å². The van der Waals surface area contributed by atoms with Crippen LogP contribution in [0.2, 0.25) is 0 Å². The number of fused-ring (bicyclic) bond motifs is 8. The van der Waals surface area contributed by atoms with Gasteiger partial charge in [0.15, 0.2) is 0 Å². The Balaban J connectivity index is 1.08. The van der Waals surface area contributed by atoms with E-state index in [1.165, 1.54) is 85.9 Å². The van der Waals surface area contributed by atoms with Gasteiger partial charge < -0.3 is 4.90 Å². The molecule has 0 fully saturated rings. The highest BCUT2D eigenvalue weighted by atomic mass is 32.1. The molecule has 0 saturated heterocycles. The molecule has 0 N–H and O–H groups in total. The fourth-order valence-electron chi connectivity index (χ4n) is 8.57. The van der Waals surface area contributed by atoms with Crippen LogP contribution in [0.5, 0.6) is 0 Å². The van der Waals surface area contributed by atoms with E-state index >= 15 is 0 Å². The van der Waals surface area contributed by atoms with Gasteiger partial charge in [-0.3, -0.25) is 0 Å². The first-order chi connectivity index (χ1) is 27.8. The summed E-state index contributed by atoms with van der Waals surface area (Å²) in [5.74, 6) is 0. The minimum Gasteiger partial charge on any atom is -0.310 e. The van der Waals surface area contributed by atoms with Crippen molar-refractivity contribution in [1.29, 1.82) is 0 Å². The van der Waals surface area contributed by atoms with Gasteiger partial charge in [-0.2, -0.15) is 0 Å². The van der Waals surface area contributed by atoms with Gasteiger partial charge in [-0.25, -0.2) is 0 Å². The molecule has 56 heavy (non-hydrogen) atoms. The molecule has 1 nitrogen and oxygen atoms in total. The highest BCUT2D eigenvalue weighted by Crippen LogP contribution is 2.45. The van der Waals surface area contributed by atoms with Crippen LogP contribution in [0.1, 0.15) is 0 Å². The van der Waals surface area contributed by atoms with Crippen LogP contribution in [-0.4, -0.2) is 0 Å². The van der Waals surface area contributed by atoms with E-state index in [1.807, 2.05) is 11.3 Å². The third kappa shape index (κ3) is 5.46. The van der Waals surface area contributed by atoms with Gasteiger partial charge in [0.1, 0.15) is 0 Å². The molecule has 11 aromatic rings. The molecule has 1 aromatic heterocycles. The second-order valence-electron chi connectivity index (χ2n) is 14.5. The van der Waals surface area contributed by atoms with Crippen LogP contribution in [-0.2, 0) is 0 Å². The molecule has 0 aliphatic heterocycles. The zero-order valence-corrected chi connectivity index (χ0v) is 31.4. The molecule has 2 heteroatoms. The lowest BCUT2D eigenvalue weighted by atomic mass is 9.89. The highest BCUT2D eigenvalue weighted by Gasteiger charge is 2.18. The Bertz CT molecular complexity index is 3250. The zero-order valence-electron chi connectivity index (χ0n) is 30.6. The van der Waals surface area contributed by atoms with Crippen molar-refractivity contribution in [1.82, 2.24) is 0 Å². The number of hydrogen-bond donors (Lipinski definition) is 0. The Morgan fingerprint density at radius 2 is 0.893 bits per heavy atom. The number of anilines is 3. The van der Waals surface area contributed by atoms with E-state index in [0.717, 1.165) is 17.1 Å². The quantitative estimate of drug-likeness (QED) is 0.154. The van der Waals surface area contributed by atoms with Crippen molar-refractivity contribution in [2.75, 3.05) is 4.90 Å². The van der Waals surface area contributed by atoms with Gasteiger partial charge in [0.25, 0.3) is 0 Å². The average Bonchev–Trinajstić information content (AvgIpc) is 3.65. The third-order valence-corrected chi connectivity index (χ3v) is 12.4. The lowest BCUT2D eigenvalue weighted by Crippen LogP contribution is -2.10. The predicted molar refractivity (Wildman–Crippen MR) is 243 cm³/mol. The number of thiophene rings is 1. The van der Waals surface area contributed by atoms with Gasteiger partial charge in [0.2, 0.25) is 0 Å². The first-order valence-corrected chi connectivity index (χ1v) is 20.0. The normalized spacial score (nSPS) is 11.6. The smallest absolute Gasteiger partial charge is 0.0476 e. The Kier molecular flexibility index (Phi) is 7.75. The minimum atomic E-state index is 1.11. The molecule has 1 heterocycles. The Labute approximate surface area is 330 Å². The van der Waals surface area contributed by atoms with Crippen molar-refractivity contribution in [3.63, 3.8) is 0 Å². The maximum Gasteiger partial charge on any atom is 0.0476 e. The van der Waals surface area contributed by atoms with Crippen LogP contribution in [0.3, 0.4) is 0 Å². The summed E-state index contributed by atoms with van der Waals surface area (Å²) in [7, 11) is 0. The predicted octanol–water partition coefficient (Wildman–Crippen LogP) is 16.0. The topological polar surface area (TPSA) is 3.24 Å². The molecule has 0 bridgehead atoms. The summed E-state index contributed by atoms with van der Waals surface area (Å²) in [6.07, 6.45) is 0. The lowest BCUT2D eigenvalue weighted by molar-refractivity contribution is 1.29. The Morgan fingerprint density at radius 3 is 1.73 bits per heavy atom. The number of rotatable bonds is 6. The van der Waals surface area contributed by atoms with Gasteiger partial charge in [0, 0.05) is 37.2 Å². The number of benzene rings is 10. The summed E-state index contributed by atoms with van der Waals surface area (Å²) in [4.78, 5) is 2.41. The summed E-state index contributed by atoms with van der Waals surface area (Å²) in [5.41, 5.74) is 10.6. The molecule has 262 valence electrons. The molecule has 0 amide bonds. The summed E-state index contributed by atoms with van der Waals surface area (Å²) >= 11 is 1.89. The summed E-state index contributed by atoms with van der Waals surface area (Å²) in [6, 6.07) is 77.7. The summed E-state index contributed by atoms with van der Waals surface area (Å²) in [6.45, 7) is 0. The number of nitrogens with zero attached hydrogens (tertiary/aromatic N) is 1. The van der Waals surface area contributed by atoms with E-state index in [9.17, 15) is 0 Å². The van der Waals surface area contributed by atoms with Crippen LogP contribution in [0, 0.1) is 0 Å². The van der Waals surface area contributed by atoms with Crippen molar-refractivity contribution in [2.24, 2.45) is 0 Å². The zero-order chi connectivity index (χ0) is 37.0. The molecule has 0 spiro atoms. The van der Waals surface area contributed by atoms with E-state index < -0.39 is 0 Å². The van der Waals surface area contributed by atoms with Crippen molar-refractivity contribution in [3.8, 4) is 33.4 Å². The monoisotopic (exact) mass is 729 g/mol. The fraction of sp³-hybridized carbons (Fsp3) is 0. The number of hydrogen-bond acceptors (Lipinski definition) is 2. The van der Waals surface area contributed by atoms with Crippen molar-refractivity contribution in [3.05, 3.63) is 212 Å². The van der Waals surface area contributed by atoms with Gasteiger partial charge in [-0.1, -0.05) is 170 Å². The maximum absolute atomic E-state index is 2.41. The molecule has 0 unspecified atom stereocenters. The molecular weight excluding hydrogens is 695 g/mol. The maximum atomic E-state index is 2.41. The molecular formula is C54H35NS. The molecule has 0 aliphatic carbocycles. The first-order valence-electron chi connectivity index (χ1n) is 19.2. The van der Waals surface area contributed by atoms with Crippen molar-refractivity contribution in [2.45, 2.75) is 0 Å². The van der Waals surface area contributed by atoms with Gasteiger partial charge >= 0.3 is 0 Å². The molecule has 0 radical (unpaired) electrons. The Hall–Kier alpha value is -7.00. The van der Waals surface area contributed by atoms with Crippen molar-refractivity contribution >= 4 is 80.9 Å². The third-order valence-electron chi connectivity index (χ3n) is 11.2. The second-order valence-corrected chi connectivity index (χ2v) is 15.5. The summed E-state index contributed by atoms with van der Waals surface area (Å²) in [5, 5.41) is 10.3. The molecule has 0 saturated carbocycles. The first kappa shape index (κ1) is 32.4. The van der Waals surface area contributed by atoms with E-state index in [2.05, 4.69) is 217 Å². The highest BCUT2D eigenvalue weighted by molar-refractivity contribution is 7.26. The molecule has 11 rings (SSSR count). The molecule has 0 aliphatic rings. The standard InChI is InChI=1S/C54H35NS/c1-2-13-36(14-3-1)37-25-28-41(29-26-37)55(43-30-32-50-51-31-27-38-15-4-7-21-46(38)54(51)56-53(50)35-43)42-18-12-17-39(33-42)44-20-8-9-23-48(44)52-34-40-16-5-6-19-45(40)47-22-10-11-24-49(47)52/h1-35H. The lowest BCUT2D eigenvalue weighted by Gasteiger charge is -2.26. The average molecular weight is 730 g/mol. The van der Waals surface area contributed by atoms with Gasteiger partial charge in [0.05, 0.1) is 0 Å².